The van der Waals surface area contributed by atoms with E-state index in [4.69, 9.17) is 4.74 Å². The molecule has 1 fully saturated rings. The summed E-state index contributed by atoms with van der Waals surface area (Å²) in [6.07, 6.45) is 0.358. The van der Waals surface area contributed by atoms with Crippen LogP contribution in [0.4, 0.5) is 0 Å². The number of nitrogens with zero attached hydrogens (tertiary/aromatic N) is 2. The van der Waals surface area contributed by atoms with Crippen molar-refractivity contribution in [1.29, 1.82) is 0 Å². The van der Waals surface area contributed by atoms with Crippen molar-refractivity contribution in [2.75, 3.05) is 26.3 Å². The summed E-state index contributed by atoms with van der Waals surface area (Å²) in [5, 5.41) is 6.02. The smallest absolute Gasteiger partial charge is 0.226 e. The first kappa shape index (κ1) is 15.4. The second kappa shape index (κ2) is 6.65. The van der Waals surface area contributed by atoms with E-state index in [2.05, 4.69) is 15.2 Å². The van der Waals surface area contributed by atoms with E-state index in [1.807, 2.05) is 26.2 Å². The van der Waals surface area contributed by atoms with E-state index < -0.39 is 0 Å². The van der Waals surface area contributed by atoms with Gasteiger partial charge in [0.15, 0.2) is 0 Å². The van der Waals surface area contributed by atoms with Crippen LogP contribution in [0.3, 0.4) is 0 Å². The first-order valence-corrected chi connectivity index (χ1v) is 7.85. The number of carbonyl (C=O) groups is 1. The first-order valence-electron chi connectivity index (χ1n) is 6.97. The number of morpholine rings is 1. The van der Waals surface area contributed by atoms with Crippen LogP contribution in [0.1, 0.15) is 31.5 Å². The van der Waals surface area contributed by atoms with Crippen molar-refractivity contribution in [3.63, 3.8) is 0 Å². The predicted molar refractivity (Wildman–Crippen MR) is 79.8 cm³/mol. The van der Waals surface area contributed by atoms with Crippen molar-refractivity contribution < 1.29 is 9.53 Å². The maximum atomic E-state index is 11.9. The molecule has 6 heteroatoms. The number of nitrogens with one attached hydrogen (secondary N) is 1. The zero-order valence-corrected chi connectivity index (χ0v) is 13.3. The fraction of sp³-hybridized carbons (Fsp3) is 0.714. The van der Waals surface area contributed by atoms with Gasteiger partial charge in [0.05, 0.1) is 31.9 Å². The van der Waals surface area contributed by atoms with Crippen molar-refractivity contribution >= 4 is 17.2 Å². The lowest BCUT2D eigenvalue weighted by molar-refractivity contribution is -0.121. The van der Waals surface area contributed by atoms with Crippen LogP contribution < -0.4 is 5.32 Å². The molecule has 0 unspecified atom stereocenters. The summed E-state index contributed by atoms with van der Waals surface area (Å²) >= 11 is 1.63. The van der Waals surface area contributed by atoms with Gasteiger partial charge >= 0.3 is 0 Å². The molecule has 20 heavy (non-hydrogen) atoms. The molecule has 1 aromatic heterocycles. The Bertz CT molecular complexity index is 448. The molecular formula is C14H23N3O2S. The van der Waals surface area contributed by atoms with Gasteiger partial charge in [0.1, 0.15) is 5.01 Å². The molecule has 2 rings (SSSR count). The first-order chi connectivity index (χ1) is 9.42. The van der Waals surface area contributed by atoms with Crippen LogP contribution in [-0.4, -0.2) is 47.6 Å². The lowest BCUT2D eigenvalue weighted by atomic mass is 10.1. The van der Waals surface area contributed by atoms with Crippen molar-refractivity contribution in [3.05, 3.63) is 16.1 Å². The highest BCUT2D eigenvalue weighted by atomic mass is 32.1. The van der Waals surface area contributed by atoms with E-state index in [9.17, 15) is 4.79 Å². The number of rotatable bonds is 4. The van der Waals surface area contributed by atoms with E-state index in [0.29, 0.717) is 6.42 Å². The second-order valence-corrected chi connectivity index (χ2v) is 7.04. The molecule has 0 radical (unpaired) electrons. The normalized spacial score (nSPS) is 17.1. The Morgan fingerprint density at radius 2 is 2.15 bits per heavy atom. The SMILES string of the molecule is CC(C)(C)NC(=O)Cc1csc(CN2CCOCC2)n1. The number of aromatic nitrogens is 1. The van der Waals surface area contributed by atoms with Crippen molar-refractivity contribution in [3.8, 4) is 0 Å². The van der Waals surface area contributed by atoms with Gasteiger partial charge < -0.3 is 10.1 Å². The molecule has 0 atom stereocenters. The summed E-state index contributed by atoms with van der Waals surface area (Å²) in [7, 11) is 0. The molecule has 0 bridgehead atoms. The zero-order valence-electron chi connectivity index (χ0n) is 12.4. The van der Waals surface area contributed by atoms with E-state index >= 15 is 0 Å². The lowest BCUT2D eigenvalue weighted by Gasteiger charge is -2.25. The molecule has 0 aliphatic carbocycles. The predicted octanol–water partition coefficient (Wildman–Crippen LogP) is 1.43. The number of ether oxygens (including phenoxy) is 1. The third-order valence-electron chi connectivity index (χ3n) is 2.92. The van der Waals surface area contributed by atoms with E-state index in [1.54, 1.807) is 11.3 Å². The molecular weight excluding hydrogens is 274 g/mol. The summed E-state index contributed by atoms with van der Waals surface area (Å²) in [6.45, 7) is 10.3. The van der Waals surface area contributed by atoms with Crippen LogP contribution in [0.2, 0.25) is 0 Å². The Labute approximate surface area is 124 Å². The molecule has 1 amide bonds. The Morgan fingerprint density at radius 1 is 1.45 bits per heavy atom. The molecule has 5 nitrogen and oxygen atoms in total. The molecule has 112 valence electrons. The molecule has 1 aliphatic rings. The Balaban J connectivity index is 1.84. The van der Waals surface area contributed by atoms with Gasteiger partial charge in [-0.25, -0.2) is 4.98 Å². The van der Waals surface area contributed by atoms with Gasteiger partial charge in [0, 0.05) is 24.0 Å². The number of amides is 1. The fourth-order valence-corrected chi connectivity index (χ4v) is 2.92. The highest BCUT2D eigenvalue weighted by Crippen LogP contribution is 2.14. The lowest BCUT2D eigenvalue weighted by Crippen LogP contribution is -2.41. The van der Waals surface area contributed by atoms with Crippen molar-refractivity contribution in [2.45, 2.75) is 39.3 Å². The van der Waals surface area contributed by atoms with Crippen molar-refractivity contribution in [1.82, 2.24) is 15.2 Å². The number of hydrogen-bond acceptors (Lipinski definition) is 5. The number of carbonyl (C=O) groups excluding carboxylic acids is 1. The van der Waals surface area contributed by atoms with E-state index in [1.165, 1.54) is 0 Å². The summed E-state index contributed by atoms with van der Waals surface area (Å²) in [5.41, 5.74) is 0.670. The summed E-state index contributed by atoms with van der Waals surface area (Å²) in [6, 6.07) is 0. The zero-order chi connectivity index (χ0) is 14.6. The molecule has 1 saturated heterocycles. The minimum atomic E-state index is -0.191. The monoisotopic (exact) mass is 297 g/mol. The van der Waals surface area contributed by atoms with Gasteiger partial charge in [-0.15, -0.1) is 11.3 Å². The average Bonchev–Trinajstić information content (AvgIpc) is 2.75. The molecule has 0 spiro atoms. The molecule has 0 aromatic carbocycles. The van der Waals surface area contributed by atoms with Gasteiger partial charge in [-0.2, -0.15) is 0 Å². The number of hydrogen-bond donors (Lipinski definition) is 1. The Hall–Kier alpha value is -0.980. The summed E-state index contributed by atoms with van der Waals surface area (Å²) in [4.78, 5) is 18.7. The molecule has 2 heterocycles. The van der Waals surface area contributed by atoms with Gasteiger partial charge in [-0.05, 0) is 20.8 Å². The topological polar surface area (TPSA) is 54.5 Å². The quantitative estimate of drug-likeness (QED) is 0.913. The van der Waals surface area contributed by atoms with E-state index in [-0.39, 0.29) is 11.4 Å². The molecule has 1 aromatic rings. The minimum Gasteiger partial charge on any atom is -0.379 e. The van der Waals surface area contributed by atoms with Crippen LogP contribution >= 0.6 is 11.3 Å². The van der Waals surface area contributed by atoms with Crippen LogP contribution in [-0.2, 0) is 22.5 Å². The fourth-order valence-electron chi connectivity index (χ4n) is 2.08. The maximum Gasteiger partial charge on any atom is 0.226 e. The minimum absolute atomic E-state index is 0.0284. The highest BCUT2D eigenvalue weighted by molar-refractivity contribution is 7.09. The van der Waals surface area contributed by atoms with Gasteiger partial charge in [-0.1, -0.05) is 0 Å². The third-order valence-corrected chi connectivity index (χ3v) is 3.80. The van der Waals surface area contributed by atoms with Crippen LogP contribution in [0.5, 0.6) is 0 Å². The van der Waals surface area contributed by atoms with Gasteiger partial charge in [0.2, 0.25) is 5.91 Å². The molecule has 0 saturated carbocycles. The third kappa shape index (κ3) is 5.19. The van der Waals surface area contributed by atoms with Crippen molar-refractivity contribution in [2.24, 2.45) is 0 Å². The standard InChI is InChI=1S/C14H23N3O2S/c1-14(2,3)16-12(18)8-11-10-20-13(15-11)9-17-4-6-19-7-5-17/h10H,4-9H2,1-3H3,(H,16,18). The summed E-state index contributed by atoms with van der Waals surface area (Å²) in [5.74, 6) is 0.0284. The largest absolute Gasteiger partial charge is 0.379 e. The van der Waals surface area contributed by atoms with E-state index in [0.717, 1.165) is 43.5 Å². The molecule has 1 N–H and O–H groups in total. The summed E-state index contributed by atoms with van der Waals surface area (Å²) < 4.78 is 5.33. The van der Waals surface area contributed by atoms with Crippen LogP contribution in [0.15, 0.2) is 5.38 Å². The van der Waals surface area contributed by atoms with Crippen LogP contribution in [0, 0.1) is 0 Å². The molecule has 1 aliphatic heterocycles. The maximum absolute atomic E-state index is 11.9. The van der Waals surface area contributed by atoms with Crippen LogP contribution in [0.25, 0.3) is 0 Å². The Morgan fingerprint density at radius 3 is 2.80 bits per heavy atom. The highest BCUT2D eigenvalue weighted by Gasteiger charge is 2.16. The number of thiazole rings is 1. The Kier molecular flexibility index (Phi) is 5.12. The average molecular weight is 297 g/mol. The second-order valence-electron chi connectivity index (χ2n) is 6.10. The van der Waals surface area contributed by atoms with Gasteiger partial charge in [0.25, 0.3) is 0 Å². The van der Waals surface area contributed by atoms with Gasteiger partial charge in [-0.3, -0.25) is 9.69 Å².